The van der Waals surface area contributed by atoms with Crippen LogP contribution in [0.15, 0.2) is 91.1 Å². The number of hydrogen-bond acceptors (Lipinski definition) is 2. The molecule has 6 rings (SSSR count). The van der Waals surface area contributed by atoms with E-state index in [1.54, 1.807) is 0 Å². The predicted octanol–water partition coefficient (Wildman–Crippen LogP) is 7.03. The largest absolute Gasteiger partial charge is 0.322 e. The van der Waals surface area contributed by atoms with E-state index in [9.17, 15) is 4.79 Å². The molecule has 0 saturated heterocycles. The summed E-state index contributed by atoms with van der Waals surface area (Å²) in [7, 11) is 0. The summed E-state index contributed by atoms with van der Waals surface area (Å²) in [5.41, 5.74) is 9.21. The summed E-state index contributed by atoms with van der Waals surface area (Å²) in [6.07, 6.45) is 2.07. The minimum atomic E-state index is -0.285. The third-order valence-electron chi connectivity index (χ3n) is 7.59. The maximum atomic E-state index is 14.1. The molecule has 5 aromatic rings. The van der Waals surface area contributed by atoms with Crippen LogP contribution in [0.25, 0.3) is 11.5 Å². The van der Waals surface area contributed by atoms with E-state index in [1.807, 2.05) is 59.8 Å². The predicted molar refractivity (Wildman–Crippen MR) is 151 cm³/mol. The molecule has 1 N–H and O–H groups in total. The first-order valence-corrected chi connectivity index (χ1v) is 12.9. The molecular formula is C32H31N5O. The molecule has 2 aromatic heterocycles. The fourth-order valence-electron chi connectivity index (χ4n) is 5.32. The van der Waals surface area contributed by atoms with E-state index in [0.29, 0.717) is 6.54 Å². The van der Waals surface area contributed by atoms with Crippen molar-refractivity contribution in [3.63, 3.8) is 0 Å². The van der Waals surface area contributed by atoms with Gasteiger partial charge in [-0.2, -0.15) is 5.10 Å². The summed E-state index contributed by atoms with van der Waals surface area (Å²) in [5.74, 6) is 0.966. The molecule has 6 nitrogen and oxygen atoms in total. The van der Waals surface area contributed by atoms with Gasteiger partial charge in [-0.05, 0) is 74.7 Å². The second-order valence-electron chi connectivity index (χ2n) is 10.1. The normalized spacial score (nSPS) is 14.5. The van der Waals surface area contributed by atoms with Crippen molar-refractivity contribution in [1.29, 1.82) is 0 Å². The quantitative estimate of drug-likeness (QED) is 0.288. The van der Waals surface area contributed by atoms with Gasteiger partial charge in [-0.3, -0.25) is 0 Å². The van der Waals surface area contributed by atoms with Gasteiger partial charge in [0.15, 0.2) is 0 Å². The van der Waals surface area contributed by atoms with Crippen LogP contribution in [0.1, 0.15) is 45.2 Å². The van der Waals surface area contributed by atoms with Gasteiger partial charge in [0.05, 0.1) is 29.7 Å². The van der Waals surface area contributed by atoms with E-state index < -0.39 is 0 Å². The molecule has 1 aliphatic rings. The van der Waals surface area contributed by atoms with E-state index in [4.69, 9.17) is 5.10 Å². The summed E-state index contributed by atoms with van der Waals surface area (Å²) in [6.45, 7) is 8.63. The van der Waals surface area contributed by atoms with Crippen molar-refractivity contribution in [2.24, 2.45) is 0 Å². The molecular weight excluding hydrogens is 470 g/mol. The Labute approximate surface area is 223 Å². The number of carbonyl (C=O) groups is 1. The number of rotatable bonds is 3. The van der Waals surface area contributed by atoms with E-state index >= 15 is 0 Å². The number of urea groups is 1. The first-order valence-electron chi connectivity index (χ1n) is 12.9. The minimum absolute atomic E-state index is 0.142. The molecule has 0 spiro atoms. The Bertz CT molecular complexity index is 1630. The summed E-state index contributed by atoms with van der Waals surface area (Å²) in [4.78, 5) is 16.1. The van der Waals surface area contributed by atoms with Crippen LogP contribution < -0.4 is 5.32 Å². The Morgan fingerprint density at radius 1 is 0.868 bits per heavy atom. The molecule has 1 aliphatic heterocycles. The van der Waals surface area contributed by atoms with Crippen LogP contribution in [-0.2, 0) is 6.54 Å². The number of carbonyl (C=O) groups excluding carboxylic acids is 1. The fourth-order valence-corrected chi connectivity index (χ4v) is 5.32. The number of para-hydroxylation sites is 1. The second kappa shape index (κ2) is 9.38. The molecule has 1 atom stereocenters. The molecule has 38 heavy (non-hydrogen) atoms. The molecule has 6 heteroatoms. The zero-order valence-electron chi connectivity index (χ0n) is 22.1. The second-order valence-corrected chi connectivity index (χ2v) is 10.1. The van der Waals surface area contributed by atoms with Crippen molar-refractivity contribution in [1.82, 2.24) is 19.2 Å². The van der Waals surface area contributed by atoms with Crippen LogP contribution in [0.3, 0.4) is 0 Å². The maximum absolute atomic E-state index is 14.1. The Morgan fingerprint density at radius 2 is 1.63 bits per heavy atom. The van der Waals surface area contributed by atoms with Crippen LogP contribution in [-0.4, -0.2) is 25.3 Å². The van der Waals surface area contributed by atoms with Gasteiger partial charge in [0.2, 0.25) is 0 Å². The van der Waals surface area contributed by atoms with Gasteiger partial charge in [0.25, 0.3) is 0 Å². The Kier molecular flexibility index (Phi) is 5.87. The molecule has 0 unspecified atom stereocenters. The number of aryl methyl sites for hydroxylation is 3. The van der Waals surface area contributed by atoms with Crippen molar-refractivity contribution in [2.75, 3.05) is 5.32 Å². The summed E-state index contributed by atoms with van der Waals surface area (Å²) >= 11 is 0. The number of hydrogen-bond donors (Lipinski definition) is 1. The van der Waals surface area contributed by atoms with Crippen molar-refractivity contribution in [3.8, 4) is 11.5 Å². The summed E-state index contributed by atoms with van der Waals surface area (Å²) in [6, 6.07) is 28.4. The molecule has 0 bridgehead atoms. The molecule has 3 heterocycles. The number of fused-ring (bicyclic) bond motifs is 3. The lowest BCUT2D eigenvalue weighted by Gasteiger charge is -2.31. The van der Waals surface area contributed by atoms with Crippen molar-refractivity contribution in [3.05, 3.63) is 130 Å². The van der Waals surface area contributed by atoms with E-state index in [1.165, 1.54) is 5.56 Å². The highest BCUT2D eigenvalue weighted by molar-refractivity contribution is 5.91. The first kappa shape index (κ1) is 23.8. The van der Waals surface area contributed by atoms with E-state index in [2.05, 4.69) is 78.5 Å². The fraction of sp³-hybridized carbons (Fsp3) is 0.188. The lowest BCUT2D eigenvalue weighted by molar-refractivity contribution is 0.194. The lowest BCUT2D eigenvalue weighted by atomic mass is 10.0. The van der Waals surface area contributed by atoms with E-state index in [0.717, 1.165) is 50.8 Å². The third-order valence-corrected chi connectivity index (χ3v) is 7.59. The van der Waals surface area contributed by atoms with Gasteiger partial charge in [0.1, 0.15) is 5.82 Å². The highest BCUT2D eigenvalue weighted by Gasteiger charge is 2.36. The van der Waals surface area contributed by atoms with Gasteiger partial charge in [-0.15, -0.1) is 0 Å². The molecule has 0 aliphatic carbocycles. The monoisotopic (exact) mass is 501 g/mol. The highest BCUT2D eigenvalue weighted by atomic mass is 16.2. The standard InChI is InChI=1S/C32H31N5O/c1-21-15-17-25(18-16-21)30-29-14-9-19-35(29)31-27(24(4)34-37(31)26-11-6-5-7-12-26)20-36(30)32(38)33-28-13-8-10-22(2)23(28)3/h5-19,30H,20H2,1-4H3,(H,33,38)/t30-/m1/s1. The zero-order chi connectivity index (χ0) is 26.4. The van der Waals surface area contributed by atoms with Gasteiger partial charge < -0.3 is 14.8 Å². The maximum Gasteiger partial charge on any atom is 0.322 e. The zero-order valence-corrected chi connectivity index (χ0v) is 22.1. The first-order chi connectivity index (χ1) is 18.4. The highest BCUT2D eigenvalue weighted by Crippen LogP contribution is 2.39. The average Bonchev–Trinajstić information content (AvgIpc) is 3.48. The molecule has 0 radical (unpaired) electrons. The third kappa shape index (κ3) is 3.98. The number of nitrogens with zero attached hydrogens (tertiary/aromatic N) is 4. The van der Waals surface area contributed by atoms with Gasteiger partial charge >= 0.3 is 6.03 Å². The molecule has 2 amide bonds. The number of nitrogens with one attached hydrogen (secondary N) is 1. The minimum Gasteiger partial charge on any atom is -0.308 e. The topological polar surface area (TPSA) is 55.1 Å². The molecule has 190 valence electrons. The van der Waals surface area contributed by atoms with Crippen molar-refractivity contribution >= 4 is 11.7 Å². The van der Waals surface area contributed by atoms with Crippen molar-refractivity contribution in [2.45, 2.75) is 40.3 Å². The lowest BCUT2D eigenvalue weighted by Crippen LogP contribution is -2.38. The molecule has 0 saturated carbocycles. The van der Waals surface area contributed by atoms with Gasteiger partial charge in [-0.1, -0.05) is 60.2 Å². The van der Waals surface area contributed by atoms with Crippen LogP contribution in [0, 0.1) is 27.7 Å². The summed E-state index contributed by atoms with van der Waals surface area (Å²) < 4.78 is 4.19. The van der Waals surface area contributed by atoms with Crippen LogP contribution in [0.2, 0.25) is 0 Å². The number of anilines is 1. The van der Waals surface area contributed by atoms with Gasteiger partial charge in [-0.25, -0.2) is 9.48 Å². The SMILES string of the molecule is Cc1ccc([C@@H]2c3cccn3-c3c(c(C)nn3-c3ccccc3)CN2C(=O)Nc2cccc(C)c2C)cc1. The smallest absolute Gasteiger partial charge is 0.308 e. The van der Waals surface area contributed by atoms with Crippen LogP contribution >= 0.6 is 0 Å². The number of benzene rings is 3. The van der Waals surface area contributed by atoms with Crippen LogP contribution in [0.5, 0.6) is 0 Å². The number of amides is 2. The summed E-state index contributed by atoms with van der Waals surface area (Å²) in [5, 5.41) is 8.15. The Balaban J connectivity index is 1.54. The molecule has 0 fully saturated rings. The Morgan fingerprint density at radius 3 is 2.39 bits per heavy atom. The van der Waals surface area contributed by atoms with Crippen LogP contribution in [0.4, 0.5) is 10.5 Å². The van der Waals surface area contributed by atoms with Gasteiger partial charge in [0, 0.05) is 17.4 Å². The van der Waals surface area contributed by atoms with E-state index in [-0.39, 0.29) is 12.1 Å². The average molecular weight is 502 g/mol. The van der Waals surface area contributed by atoms with Crippen molar-refractivity contribution < 1.29 is 4.79 Å². The Hall–Kier alpha value is -4.58. The number of aromatic nitrogens is 3. The molecule has 3 aromatic carbocycles.